The van der Waals surface area contributed by atoms with Crippen LogP contribution in [0.15, 0.2) is 18.2 Å². The summed E-state index contributed by atoms with van der Waals surface area (Å²) in [5, 5.41) is 3.53. The van der Waals surface area contributed by atoms with Gasteiger partial charge in [-0.05, 0) is 37.6 Å². The van der Waals surface area contributed by atoms with Crippen molar-refractivity contribution in [1.29, 1.82) is 0 Å². The molecule has 0 heterocycles. The lowest BCUT2D eigenvalue weighted by Gasteiger charge is -2.16. The van der Waals surface area contributed by atoms with Crippen LogP contribution in [0.4, 0.5) is 0 Å². The lowest BCUT2D eigenvalue weighted by Crippen LogP contribution is -2.19. The highest BCUT2D eigenvalue weighted by Gasteiger charge is 2.09. The first-order valence-corrected chi connectivity index (χ1v) is 6.68. The summed E-state index contributed by atoms with van der Waals surface area (Å²) < 4.78 is 10.6. The highest BCUT2D eigenvalue weighted by atomic mass is 16.5. The van der Waals surface area contributed by atoms with E-state index in [1.54, 1.807) is 14.2 Å². The van der Waals surface area contributed by atoms with Crippen LogP contribution in [0.3, 0.4) is 0 Å². The van der Waals surface area contributed by atoms with E-state index in [4.69, 9.17) is 9.47 Å². The molecule has 1 N–H and O–H groups in total. The van der Waals surface area contributed by atoms with Gasteiger partial charge >= 0.3 is 0 Å². The van der Waals surface area contributed by atoms with Gasteiger partial charge in [0.25, 0.3) is 0 Å². The van der Waals surface area contributed by atoms with Crippen molar-refractivity contribution in [3.05, 3.63) is 23.8 Å². The second-order valence-electron chi connectivity index (χ2n) is 4.50. The Balaban J connectivity index is 2.59. The first-order valence-electron chi connectivity index (χ1n) is 6.68. The van der Waals surface area contributed by atoms with E-state index >= 15 is 0 Å². The molecule has 0 fully saturated rings. The van der Waals surface area contributed by atoms with E-state index in [1.165, 1.54) is 24.8 Å². The third kappa shape index (κ3) is 4.22. The second kappa shape index (κ2) is 7.98. The molecule has 0 aliphatic rings. The van der Waals surface area contributed by atoms with Crippen LogP contribution >= 0.6 is 0 Å². The quantitative estimate of drug-likeness (QED) is 0.717. The van der Waals surface area contributed by atoms with Crippen molar-refractivity contribution >= 4 is 0 Å². The van der Waals surface area contributed by atoms with Gasteiger partial charge in [-0.3, -0.25) is 0 Å². The van der Waals surface area contributed by atoms with E-state index in [-0.39, 0.29) is 0 Å². The number of methoxy groups -OCH3 is 2. The number of ether oxygens (including phenoxy) is 2. The third-order valence-electron chi connectivity index (χ3n) is 3.14. The van der Waals surface area contributed by atoms with E-state index < -0.39 is 0 Å². The monoisotopic (exact) mass is 251 g/mol. The normalized spacial score (nSPS) is 12.2. The number of unbranched alkanes of at least 4 members (excludes halogenated alkanes) is 2. The average Bonchev–Trinajstić information content (AvgIpc) is 2.42. The molecule has 1 atom stereocenters. The Morgan fingerprint density at radius 3 is 2.44 bits per heavy atom. The maximum Gasteiger partial charge on any atom is 0.161 e. The van der Waals surface area contributed by atoms with Crippen molar-refractivity contribution in [2.24, 2.45) is 0 Å². The zero-order valence-corrected chi connectivity index (χ0v) is 12.0. The van der Waals surface area contributed by atoms with Gasteiger partial charge in [-0.15, -0.1) is 0 Å². The van der Waals surface area contributed by atoms with Gasteiger partial charge in [0.1, 0.15) is 0 Å². The van der Waals surface area contributed by atoms with Crippen LogP contribution in [0, 0.1) is 0 Å². The van der Waals surface area contributed by atoms with Gasteiger partial charge in [-0.25, -0.2) is 0 Å². The molecular formula is C15H25NO2. The van der Waals surface area contributed by atoms with Gasteiger partial charge in [0.15, 0.2) is 11.5 Å². The molecule has 0 saturated heterocycles. The smallest absolute Gasteiger partial charge is 0.161 e. The summed E-state index contributed by atoms with van der Waals surface area (Å²) in [6, 6.07) is 6.41. The van der Waals surface area contributed by atoms with Crippen LogP contribution in [0.1, 0.15) is 44.7 Å². The lowest BCUT2D eigenvalue weighted by molar-refractivity contribution is 0.354. The fourth-order valence-electron chi connectivity index (χ4n) is 1.93. The molecule has 0 radical (unpaired) electrons. The molecule has 0 spiro atoms. The molecule has 3 nitrogen and oxygen atoms in total. The van der Waals surface area contributed by atoms with Crippen molar-refractivity contribution in [3.8, 4) is 11.5 Å². The largest absolute Gasteiger partial charge is 0.493 e. The molecular weight excluding hydrogens is 226 g/mol. The fourth-order valence-corrected chi connectivity index (χ4v) is 1.93. The van der Waals surface area contributed by atoms with Crippen molar-refractivity contribution in [1.82, 2.24) is 5.32 Å². The van der Waals surface area contributed by atoms with Crippen LogP contribution in [0.5, 0.6) is 11.5 Å². The van der Waals surface area contributed by atoms with Crippen molar-refractivity contribution in [3.63, 3.8) is 0 Å². The zero-order valence-electron chi connectivity index (χ0n) is 12.0. The van der Waals surface area contributed by atoms with Gasteiger partial charge in [0, 0.05) is 6.04 Å². The predicted molar refractivity (Wildman–Crippen MR) is 75.5 cm³/mol. The Morgan fingerprint density at radius 1 is 1.11 bits per heavy atom. The maximum atomic E-state index is 5.32. The van der Waals surface area contributed by atoms with E-state index in [9.17, 15) is 0 Å². The number of hydrogen-bond donors (Lipinski definition) is 1. The molecule has 0 amide bonds. The Kier molecular flexibility index (Phi) is 6.58. The molecule has 0 aliphatic carbocycles. The highest BCUT2D eigenvalue weighted by Crippen LogP contribution is 2.29. The fraction of sp³-hybridized carbons (Fsp3) is 0.600. The highest BCUT2D eigenvalue weighted by molar-refractivity contribution is 5.43. The minimum atomic E-state index is 0.335. The Labute approximate surface area is 110 Å². The molecule has 0 aromatic heterocycles. The topological polar surface area (TPSA) is 30.5 Å². The number of nitrogens with one attached hydrogen (secondary N) is 1. The van der Waals surface area contributed by atoms with E-state index in [1.807, 2.05) is 12.1 Å². The molecule has 1 aromatic rings. The Morgan fingerprint density at radius 2 is 1.83 bits per heavy atom. The molecule has 18 heavy (non-hydrogen) atoms. The summed E-state index contributed by atoms with van der Waals surface area (Å²) in [4.78, 5) is 0. The molecule has 3 heteroatoms. The second-order valence-corrected chi connectivity index (χ2v) is 4.50. The minimum absolute atomic E-state index is 0.335. The summed E-state index contributed by atoms with van der Waals surface area (Å²) in [5.74, 6) is 1.57. The van der Waals surface area contributed by atoms with Crippen molar-refractivity contribution < 1.29 is 9.47 Å². The molecule has 1 unspecified atom stereocenters. The summed E-state index contributed by atoms with van der Waals surface area (Å²) in [7, 11) is 3.32. The number of rotatable bonds is 8. The van der Waals surface area contributed by atoms with Gasteiger partial charge in [-0.1, -0.05) is 25.8 Å². The maximum absolute atomic E-state index is 5.32. The van der Waals surface area contributed by atoms with Crippen LogP contribution in [0.2, 0.25) is 0 Å². The van der Waals surface area contributed by atoms with Crippen LogP contribution in [0.25, 0.3) is 0 Å². The Hall–Kier alpha value is -1.22. The SMILES string of the molecule is CCCCCNC(C)c1ccc(OC)c(OC)c1. The average molecular weight is 251 g/mol. The molecule has 102 valence electrons. The minimum Gasteiger partial charge on any atom is -0.493 e. The molecule has 1 aromatic carbocycles. The van der Waals surface area contributed by atoms with Gasteiger partial charge in [-0.2, -0.15) is 0 Å². The van der Waals surface area contributed by atoms with Crippen LogP contribution in [-0.4, -0.2) is 20.8 Å². The first kappa shape index (κ1) is 14.8. The van der Waals surface area contributed by atoms with E-state index in [2.05, 4.69) is 25.2 Å². The first-order chi connectivity index (χ1) is 8.72. The standard InChI is InChI=1S/C15H25NO2/c1-5-6-7-10-16-12(2)13-8-9-14(17-3)15(11-13)18-4/h8-9,11-12,16H,5-7,10H2,1-4H3. The molecule has 0 bridgehead atoms. The van der Waals surface area contributed by atoms with Crippen molar-refractivity contribution in [2.75, 3.05) is 20.8 Å². The molecule has 0 saturated carbocycles. The molecule has 1 rings (SSSR count). The lowest BCUT2D eigenvalue weighted by atomic mass is 10.1. The van der Waals surface area contributed by atoms with Crippen LogP contribution < -0.4 is 14.8 Å². The van der Waals surface area contributed by atoms with Crippen molar-refractivity contribution in [2.45, 2.75) is 39.2 Å². The van der Waals surface area contributed by atoms with Gasteiger partial charge in [0.05, 0.1) is 14.2 Å². The van der Waals surface area contributed by atoms with E-state index in [0.29, 0.717) is 6.04 Å². The van der Waals surface area contributed by atoms with Crippen LogP contribution in [-0.2, 0) is 0 Å². The summed E-state index contributed by atoms with van der Waals surface area (Å²) in [6.07, 6.45) is 3.77. The summed E-state index contributed by atoms with van der Waals surface area (Å²) >= 11 is 0. The molecule has 0 aliphatic heterocycles. The Bertz CT molecular complexity index is 352. The number of benzene rings is 1. The third-order valence-corrected chi connectivity index (χ3v) is 3.14. The summed E-state index contributed by atoms with van der Waals surface area (Å²) in [5.41, 5.74) is 1.23. The summed E-state index contributed by atoms with van der Waals surface area (Å²) in [6.45, 7) is 5.45. The van der Waals surface area contributed by atoms with Gasteiger partial charge < -0.3 is 14.8 Å². The number of hydrogen-bond acceptors (Lipinski definition) is 3. The van der Waals surface area contributed by atoms with Gasteiger partial charge in [0.2, 0.25) is 0 Å². The van der Waals surface area contributed by atoms with E-state index in [0.717, 1.165) is 18.0 Å². The predicted octanol–water partition coefficient (Wildman–Crippen LogP) is 3.54. The zero-order chi connectivity index (χ0) is 13.4.